The molecule has 140 valence electrons. The molecule has 4 heteroatoms. The molecule has 0 heterocycles. The second kappa shape index (κ2) is 15.1. The van der Waals surface area contributed by atoms with Crippen LogP contribution in [0.15, 0.2) is 11.6 Å². The van der Waals surface area contributed by atoms with Crippen LogP contribution in [-0.4, -0.2) is 32.0 Å². The van der Waals surface area contributed by atoms with E-state index in [0.717, 1.165) is 32.4 Å². The van der Waals surface area contributed by atoms with E-state index >= 15 is 0 Å². The Balaban J connectivity index is 0. The highest BCUT2D eigenvalue weighted by atomic mass is 19.1. The number of halogens is 2. The molecule has 0 fully saturated rings. The van der Waals surface area contributed by atoms with Crippen molar-refractivity contribution >= 4 is 0 Å². The standard InChI is InChI=1S/C16H31FN2.C2H6.CH3F/c1-4-9-16(3,17)10-11-19-12-14-5-7-15(8-6-14)13(2)18;2*1-2/h7,13-14,19H,4-6,8-12,18H2,1-3H3;1-2H3;1H3. The summed E-state index contributed by atoms with van der Waals surface area (Å²) in [6.07, 6.45) is 7.96. The van der Waals surface area contributed by atoms with Crippen molar-refractivity contribution in [2.75, 3.05) is 20.3 Å². The number of allylic oxidation sites excluding steroid dienone is 1. The van der Waals surface area contributed by atoms with E-state index in [4.69, 9.17) is 5.73 Å². The summed E-state index contributed by atoms with van der Waals surface area (Å²) in [7, 11) is 0.500. The Hall–Kier alpha value is -0.480. The van der Waals surface area contributed by atoms with E-state index < -0.39 is 5.67 Å². The number of nitrogens with two attached hydrogens (primary N) is 1. The van der Waals surface area contributed by atoms with Crippen molar-refractivity contribution in [3.63, 3.8) is 0 Å². The predicted molar refractivity (Wildman–Crippen MR) is 99.4 cm³/mol. The molecule has 3 unspecified atom stereocenters. The van der Waals surface area contributed by atoms with Gasteiger partial charge in [0.25, 0.3) is 0 Å². The summed E-state index contributed by atoms with van der Waals surface area (Å²) >= 11 is 0. The van der Waals surface area contributed by atoms with Crippen molar-refractivity contribution in [3.05, 3.63) is 11.6 Å². The molecule has 23 heavy (non-hydrogen) atoms. The highest BCUT2D eigenvalue weighted by Gasteiger charge is 2.21. The zero-order valence-electron chi connectivity index (χ0n) is 16.2. The molecule has 0 radical (unpaired) electrons. The van der Waals surface area contributed by atoms with Crippen LogP contribution in [0.3, 0.4) is 0 Å². The van der Waals surface area contributed by atoms with Gasteiger partial charge < -0.3 is 11.1 Å². The Morgan fingerprint density at radius 1 is 1.35 bits per heavy atom. The molecule has 1 aliphatic carbocycles. The molecule has 0 amide bonds. The van der Waals surface area contributed by atoms with Gasteiger partial charge in [0, 0.05) is 6.04 Å². The quantitative estimate of drug-likeness (QED) is 0.474. The van der Waals surface area contributed by atoms with E-state index in [1.165, 1.54) is 12.0 Å². The summed E-state index contributed by atoms with van der Waals surface area (Å²) in [6, 6.07) is 0.204. The Bertz CT molecular complexity index is 289. The van der Waals surface area contributed by atoms with Crippen LogP contribution in [-0.2, 0) is 0 Å². The van der Waals surface area contributed by atoms with Gasteiger partial charge in [-0.2, -0.15) is 0 Å². The third-order valence-electron chi connectivity index (χ3n) is 4.17. The second-order valence-corrected chi connectivity index (χ2v) is 6.33. The molecular formula is C19H40F2N2. The first-order valence-corrected chi connectivity index (χ1v) is 9.16. The number of rotatable bonds is 8. The summed E-state index contributed by atoms with van der Waals surface area (Å²) in [6.45, 7) is 11.6. The normalized spacial score (nSPS) is 20.9. The molecule has 0 bridgehead atoms. The zero-order valence-corrected chi connectivity index (χ0v) is 16.2. The molecule has 0 saturated carbocycles. The lowest BCUT2D eigenvalue weighted by atomic mass is 9.87. The molecule has 0 spiro atoms. The molecule has 0 saturated heterocycles. The Labute approximate surface area is 143 Å². The van der Waals surface area contributed by atoms with Crippen molar-refractivity contribution in [1.82, 2.24) is 5.32 Å². The van der Waals surface area contributed by atoms with Gasteiger partial charge in [0.05, 0.1) is 7.18 Å². The molecule has 3 N–H and O–H groups in total. The molecule has 0 aromatic carbocycles. The summed E-state index contributed by atoms with van der Waals surface area (Å²) < 4.78 is 23.4. The lowest BCUT2D eigenvalue weighted by Gasteiger charge is -2.25. The highest BCUT2D eigenvalue weighted by Crippen LogP contribution is 2.25. The number of hydrogen-bond acceptors (Lipinski definition) is 2. The predicted octanol–water partition coefficient (Wildman–Crippen LogP) is 5.18. The molecule has 3 atom stereocenters. The van der Waals surface area contributed by atoms with Crippen molar-refractivity contribution in [2.24, 2.45) is 11.7 Å². The van der Waals surface area contributed by atoms with Gasteiger partial charge in [0.2, 0.25) is 0 Å². The van der Waals surface area contributed by atoms with Gasteiger partial charge in [0.1, 0.15) is 5.67 Å². The maximum absolute atomic E-state index is 13.9. The lowest BCUT2D eigenvalue weighted by molar-refractivity contribution is 0.158. The summed E-state index contributed by atoms with van der Waals surface area (Å²) in [5, 5.41) is 3.41. The van der Waals surface area contributed by atoms with Gasteiger partial charge in [-0.05, 0) is 65.0 Å². The molecule has 1 rings (SSSR count). The highest BCUT2D eigenvalue weighted by molar-refractivity contribution is 5.12. The van der Waals surface area contributed by atoms with Gasteiger partial charge in [-0.1, -0.05) is 38.8 Å². The Morgan fingerprint density at radius 3 is 2.39 bits per heavy atom. The first-order valence-electron chi connectivity index (χ1n) is 9.16. The number of hydrogen-bond donors (Lipinski definition) is 2. The van der Waals surface area contributed by atoms with Crippen LogP contribution < -0.4 is 11.1 Å². The van der Waals surface area contributed by atoms with E-state index in [1.807, 2.05) is 20.8 Å². The van der Waals surface area contributed by atoms with E-state index in [1.54, 1.807) is 6.92 Å². The molecule has 1 aliphatic rings. The van der Waals surface area contributed by atoms with Crippen LogP contribution in [0.2, 0.25) is 0 Å². The molecule has 2 nitrogen and oxygen atoms in total. The third kappa shape index (κ3) is 12.6. The molecule has 0 aliphatic heterocycles. The van der Waals surface area contributed by atoms with Gasteiger partial charge in [-0.15, -0.1) is 0 Å². The minimum Gasteiger partial charge on any atom is -0.324 e. The van der Waals surface area contributed by atoms with Gasteiger partial charge in [-0.3, -0.25) is 4.39 Å². The first kappa shape index (κ1) is 24.8. The van der Waals surface area contributed by atoms with E-state index in [-0.39, 0.29) is 6.04 Å². The molecular weight excluding hydrogens is 294 g/mol. The van der Waals surface area contributed by atoms with Gasteiger partial charge in [0.15, 0.2) is 0 Å². The summed E-state index contributed by atoms with van der Waals surface area (Å²) in [5.74, 6) is 0.694. The topological polar surface area (TPSA) is 38.0 Å². The first-order chi connectivity index (χ1) is 10.9. The summed E-state index contributed by atoms with van der Waals surface area (Å²) in [5.41, 5.74) is 6.28. The maximum Gasteiger partial charge on any atom is 0.109 e. The third-order valence-corrected chi connectivity index (χ3v) is 4.17. The van der Waals surface area contributed by atoms with Crippen LogP contribution in [0, 0.1) is 5.92 Å². The number of alkyl halides is 2. The minimum atomic E-state index is -1.00. The average molecular weight is 335 g/mol. The van der Waals surface area contributed by atoms with Crippen LogP contribution in [0.1, 0.15) is 73.1 Å². The fraction of sp³-hybridized carbons (Fsp3) is 0.895. The van der Waals surface area contributed by atoms with Crippen LogP contribution >= 0.6 is 0 Å². The lowest BCUT2D eigenvalue weighted by Crippen LogP contribution is -2.30. The maximum atomic E-state index is 13.9. The van der Waals surface area contributed by atoms with Crippen molar-refractivity contribution in [1.29, 1.82) is 0 Å². The van der Waals surface area contributed by atoms with Gasteiger partial charge >= 0.3 is 0 Å². The van der Waals surface area contributed by atoms with Crippen molar-refractivity contribution in [2.45, 2.75) is 84.9 Å². The van der Waals surface area contributed by atoms with Gasteiger partial charge in [-0.25, -0.2) is 4.39 Å². The SMILES string of the molecule is CC.CCCC(C)(F)CCNCC1CC=C(C(C)N)CC1.CF. The minimum absolute atomic E-state index is 0.204. The molecule has 0 aromatic rings. The second-order valence-electron chi connectivity index (χ2n) is 6.33. The van der Waals surface area contributed by atoms with Crippen molar-refractivity contribution < 1.29 is 8.78 Å². The Morgan fingerprint density at radius 2 is 1.96 bits per heavy atom. The van der Waals surface area contributed by atoms with Crippen LogP contribution in [0.5, 0.6) is 0 Å². The largest absolute Gasteiger partial charge is 0.324 e. The average Bonchev–Trinajstić information content (AvgIpc) is 2.56. The van der Waals surface area contributed by atoms with Crippen LogP contribution in [0.25, 0.3) is 0 Å². The van der Waals surface area contributed by atoms with Crippen LogP contribution in [0.4, 0.5) is 8.78 Å². The fourth-order valence-corrected chi connectivity index (χ4v) is 2.81. The van der Waals surface area contributed by atoms with E-state index in [9.17, 15) is 8.78 Å². The Kier molecular flexibility index (Phi) is 16.2. The number of nitrogens with one attached hydrogen (secondary N) is 1. The van der Waals surface area contributed by atoms with E-state index in [0.29, 0.717) is 25.9 Å². The summed E-state index contributed by atoms with van der Waals surface area (Å²) in [4.78, 5) is 0. The fourth-order valence-electron chi connectivity index (χ4n) is 2.81. The molecule has 0 aromatic heterocycles. The smallest absolute Gasteiger partial charge is 0.109 e. The zero-order chi connectivity index (χ0) is 18.3. The van der Waals surface area contributed by atoms with Crippen molar-refractivity contribution in [3.8, 4) is 0 Å². The monoisotopic (exact) mass is 334 g/mol. The van der Waals surface area contributed by atoms with E-state index in [2.05, 4.69) is 18.3 Å².